The first-order valence-corrected chi connectivity index (χ1v) is 9.06. The zero-order valence-electron chi connectivity index (χ0n) is 14.9. The lowest BCUT2D eigenvalue weighted by atomic mass is 10.0. The van der Waals surface area contributed by atoms with Crippen LogP contribution < -0.4 is 15.0 Å². The van der Waals surface area contributed by atoms with Gasteiger partial charge in [-0.3, -0.25) is 15.1 Å². The number of hydrogen-bond donors (Lipinski definition) is 1. The van der Waals surface area contributed by atoms with Crippen molar-refractivity contribution >= 4 is 11.6 Å². The average molecular weight is 363 g/mol. The van der Waals surface area contributed by atoms with Gasteiger partial charge in [0.25, 0.3) is 5.95 Å². The molecule has 3 aromatic rings. The van der Waals surface area contributed by atoms with Gasteiger partial charge in [-0.25, -0.2) is 0 Å². The van der Waals surface area contributed by atoms with E-state index in [1.54, 1.807) is 23.4 Å². The monoisotopic (exact) mass is 363 g/mol. The first-order valence-electron chi connectivity index (χ1n) is 9.06. The lowest BCUT2D eigenvalue weighted by Gasteiger charge is -2.32. The van der Waals surface area contributed by atoms with E-state index in [0.717, 1.165) is 36.6 Å². The number of furan rings is 1. The van der Waals surface area contributed by atoms with Crippen LogP contribution in [-0.4, -0.2) is 23.5 Å². The van der Waals surface area contributed by atoms with E-state index in [0.29, 0.717) is 12.5 Å². The number of ether oxygens (including phenoxy) is 1. The Bertz CT molecular complexity index is 880. The maximum absolute atomic E-state index is 12.8. The molecular formula is C21H21N3O3. The highest BCUT2D eigenvalue weighted by Crippen LogP contribution is 2.24. The number of piperidine rings is 1. The Hall–Kier alpha value is -3.12. The first-order chi connectivity index (χ1) is 13.3. The van der Waals surface area contributed by atoms with Crippen molar-refractivity contribution in [3.63, 3.8) is 0 Å². The molecule has 1 unspecified atom stereocenters. The summed E-state index contributed by atoms with van der Waals surface area (Å²) in [5.74, 6) is 1.96. The zero-order valence-corrected chi connectivity index (χ0v) is 14.9. The molecule has 0 aliphatic carbocycles. The molecule has 3 heterocycles. The number of nitrogens with zero attached hydrogens (tertiary/aromatic N) is 2. The minimum atomic E-state index is -0.234. The normalized spacial score (nSPS) is 17.1. The molecule has 1 amide bonds. The molecule has 4 rings (SSSR count). The van der Waals surface area contributed by atoms with Gasteiger partial charge in [-0.1, -0.05) is 18.2 Å². The summed E-state index contributed by atoms with van der Waals surface area (Å²) >= 11 is 0. The average Bonchev–Trinajstić information content (AvgIpc) is 3.16. The topological polar surface area (TPSA) is 67.6 Å². The third kappa shape index (κ3) is 4.17. The summed E-state index contributed by atoms with van der Waals surface area (Å²) in [6.45, 7) is 1.19. The van der Waals surface area contributed by atoms with Gasteiger partial charge >= 0.3 is 0 Å². The molecule has 1 fully saturated rings. The molecule has 27 heavy (non-hydrogen) atoms. The highest BCUT2D eigenvalue weighted by Gasteiger charge is 2.29. The quantitative estimate of drug-likeness (QED) is 0.722. The largest absolute Gasteiger partial charge is 0.429 e. The molecule has 6 heteroatoms. The Labute approximate surface area is 157 Å². The third-order valence-electron chi connectivity index (χ3n) is 4.52. The van der Waals surface area contributed by atoms with E-state index in [1.807, 2.05) is 48.5 Å². The maximum Gasteiger partial charge on any atom is 0.290 e. The number of benzene rings is 1. The third-order valence-corrected chi connectivity index (χ3v) is 4.52. The second-order valence-corrected chi connectivity index (χ2v) is 6.41. The van der Waals surface area contributed by atoms with Crippen LogP contribution in [0.3, 0.4) is 0 Å². The molecule has 138 valence electrons. The van der Waals surface area contributed by atoms with Crippen molar-refractivity contribution < 1.29 is 13.9 Å². The molecule has 6 nitrogen and oxygen atoms in total. The van der Waals surface area contributed by atoms with Gasteiger partial charge in [-0.05, 0) is 43.2 Å². The van der Waals surface area contributed by atoms with Crippen molar-refractivity contribution in [2.75, 3.05) is 11.4 Å². The second-order valence-electron chi connectivity index (χ2n) is 6.41. The predicted molar refractivity (Wildman–Crippen MR) is 102 cm³/mol. The molecule has 0 spiro atoms. The maximum atomic E-state index is 12.8. The van der Waals surface area contributed by atoms with Crippen LogP contribution in [0.4, 0.5) is 5.69 Å². The SMILES string of the molecule is O=C1C(NCc2ccc(Oc3ccccc3)o2)CCCN1c1cccnc1. The van der Waals surface area contributed by atoms with E-state index >= 15 is 0 Å². The van der Waals surface area contributed by atoms with Crippen molar-refractivity contribution in [2.24, 2.45) is 0 Å². The summed E-state index contributed by atoms with van der Waals surface area (Å²) in [5, 5.41) is 3.30. The number of anilines is 1. The number of nitrogens with one attached hydrogen (secondary N) is 1. The minimum Gasteiger partial charge on any atom is -0.429 e. The fourth-order valence-corrected chi connectivity index (χ4v) is 3.17. The number of rotatable bonds is 6. The number of pyridine rings is 1. The van der Waals surface area contributed by atoms with Crippen LogP contribution in [-0.2, 0) is 11.3 Å². The fourth-order valence-electron chi connectivity index (χ4n) is 3.17. The Balaban J connectivity index is 1.35. The molecule has 0 saturated carbocycles. The molecule has 2 aromatic heterocycles. The predicted octanol–water partition coefficient (Wildman–Crippen LogP) is 3.75. The van der Waals surface area contributed by atoms with Gasteiger partial charge in [0.15, 0.2) is 0 Å². The Kier molecular flexibility index (Phi) is 5.16. The van der Waals surface area contributed by atoms with E-state index in [2.05, 4.69) is 10.3 Å². The van der Waals surface area contributed by atoms with Crippen LogP contribution >= 0.6 is 0 Å². The molecule has 0 bridgehead atoms. The van der Waals surface area contributed by atoms with E-state index in [4.69, 9.17) is 9.15 Å². The first kappa shape index (κ1) is 17.3. The molecule has 1 atom stereocenters. The van der Waals surface area contributed by atoms with Crippen LogP contribution in [0.2, 0.25) is 0 Å². The molecule has 1 aliphatic rings. The van der Waals surface area contributed by atoms with E-state index in [1.165, 1.54) is 0 Å². The van der Waals surface area contributed by atoms with Gasteiger partial charge in [0.05, 0.1) is 24.5 Å². The van der Waals surface area contributed by atoms with Gasteiger partial charge in [0, 0.05) is 18.8 Å². The van der Waals surface area contributed by atoms with Crippen LogP contribution in [0.25, 0.3) is 0 Å². The number of carbonyl (C=O) groups is 1. The van der Waals surface area contributed by atoms with Crippen molar-refractivity contribution in [1.82, 2.24) is 10.3 Å². The minimum absolute atomic E-state index is 0.0709. The van der Waals surface area contributed by atoms with Crippen LogP contribution in [0.1, 0.15) is 18.6 Å². The second kappa shape index (κ2) is 8.05. The lowest BCUT2D eigenvalue weighted by molar-refractivity contribution is -0.121. The van der Waals surface area contributed by atoms with Crippen molar-refractivity contribution in [3.05, 3.63) is 72.8 Å². The standard InChI is InChI=1S/C21H21N3O3/c25-21-19(9-5-13-24(21)16-6-4-12-22-14-16)23-15-18-10-11-20(27-18)26-17-7-2-1-3-8-17/h1-4,6-8,10-12,14,19,23H,5,9,13,15H2. The van der Waals surface area contributed by atoms with Gasteiger partial charge in [0.2, 0.25) is 5.91 Å². The number of amides is 1. The van der Waals surface area contributed by atoms with Gasteiger partial charge in [-0.2, -0.15) is 0 Å². The molecule has 1 aromatic carbocycles. The van der Waals surface area contributed by atoms with Crippen molar-refractivity contribution in [1.29, 1.82) is 0 Å². The summed E-state index contributed by atoms with van der Waals surface area (Å²) in [4.78, 5) is 18.7. The van der Waals surface area contributed by atoms with Crippen molar-refractivity contribution in [3.8, 4) is 11.7 Å². The smallest absolute Gasteiger partial charge is 0.290 e. The number of carbonyl (C=O) groups excluding carboxylic acids is 1. The van der Waals surface area contributed by atoms with Crippen LogP contribution in [0, 0.1) is 0 Å². The molecule has 1 N–H and O–H groups in total. The van der Waals surface area contributed by atoms with Crippen molar-refractivity contribution in [2.45, 2.75) is 25.4 Å². The molecule has 1 saturated heterocycles. The number of hydrogen-bond acceptors (Lipinski definition) is 5. The summed E-state index contributed by atoms with van der Waals surface area (Å²) in [6.07, 6.45) is 5.18. The van der Waals surface area contributed by atoms with Gasteiger partial charge < -0.3 is 14.1 Å². The highest BCUT2D eigenvalue weighted by molar-refractivity contribution is 5.97. The Morgan fingerprint density at radius 3 is 2.85 bits per heavy atom. The fraction of sp³-hybridized carbons (Fsp3) is 0.238. The molecular weight excluding hydrogens is 342 g/mol. The van der Waals surface area contributed by atoms with Crippen LogP contribution in [0.5, 0.6) is 11.7 Å². The van der Waals surface area contributed by atoms with E-state index < -0.39 is 0 Å². The van der Waals surface area contributed by atoms with Crippen LogP contribution in [0.15, 0.2) is 71.4 Å². The number of aromatic nitrogens is 1. The van der Waals surface area contributed by atoms with Gasteiger partial charge in [0.1, 0.15) is 11.5 Å². The Morgan fingerprint density at radius 2 is 2.04 bits per heavy atom. The summed E-state index contributed by atoms with van der Waals surface area (Å²) in [6, 6.07) is 16.6. The summed E-state index contributed by atoms with van der Waals surface area (Å²) in [7, 11) is 0. The summed E-state index contributed by atoms with van der Waals surface area (Å²) in [5.41, 5.74) is 0.838. The summed E-state index contributed by atoms with van der Waals surface area (Å²) < 4.78 is 11.4. The van der Waals surface area contributed by atoms with E-state index in [-0.39, 0.29) is 11.9 Å². The van der Waals surface area contributed by atoms with E-state index in [9.17, 15) is 4.79 Å². The zero-order chi connectivity index (χ0) is 18.5. The molecule has 1 aliphatic heterocycles. The number of para-hydroxylation sites is 1. The van der Waals surface area contributed by atoms with Gasteiger partial charge in [-0.15, -0.1) is 0 Å². The highest BCUT2D eigenvalue weighted by atomic mass is 16.6. The molecule has 0 radical (unpaired) electrons. The Morgan fingerprint density at radius 1 is 1.15 bits per heavy atom. The lowest BCUT2D eigenvalue weighted by Crippen LogP contribution is -2.50.